The number of nitrogens with one attached hydrogen (secondary N) is 1. The van der Waals surface area contributed by atoms with Crippen molar-refractivity contribution < 1.29 is 9.21 Å². The predicted octanol–water partition coefficient (Wildman–Crippen LogP) is 2.71. The van der Waals surface area contributed by atoms with E-state index in [1.807, 2.05) is 12.1 Å². The van der Waals surface area contributed by atoms with Crippen molar-refractivity contribution in [2.24, 2.45) is 0 Å². The number of carbonyl (C=O) groups is 1. The average Bonchev–Trinajstić information content (AvgIpc) is 3.22. The van der Waals surface area contributed by atoms with E-state index in [9.17, 15) is 4.79 Å². The van der Waals surface area contributed by atoms with E-state index in [0.29, 0.717) is 6.54 Å². The Morgan fingerprint density at radius 2 is 2.35 bits per heavy atom. The minimum absolute atomic E-state index is 0.0198. The van der Waals surface area contributed by atoms with E-state index in [1.54, 1.807) is 6.26 Å². The highest BCUT2D eigenvalue weighted by molar-refractivity contribution is 7.09. The standard InChI is InChI=1S/C16H22N4O2S/c1-16(2,3)14-18-15(23-19-14)20-8-4-7-12(20)13(21)17-10-11-6-5-9-22-11/h5-6,9,12H,4,7-8,10H2,1-3H3,(H,17,21). The molecule has 0 saturated carbocycles. The minimum Gasteiger partial charge on any atom is -0.467 e. The quantitative estimate of drug-likeness (QED) is 0.931. The van der Waals surface area contributed by atoms with Gasteiger partial charge in [-0.3, -0.25) is 4.79 Å². The number of rotatable bonds is 4. The zero-order valence-corrected chi connectivity index (χ0v) is 14.5. The number of hydrogen-bond donors (Lipinski definition) is 1. The lowest BCUT2D eigenvalue weighted by Gasteiger charge is -2.22. The van der Waals surface area contributed by atoms with E-state index in [0.717, 1.165) is 36.1 Å². The molecule has 1 fully saturated rings. The number of anilines is 1. The van der Waals surface area contributed by atoms with Crippen LogP contribution in [0.25, 0.3) is 0 Å². The van der Waals surface area contributed by atoms with Crippen molar-refractivity contribution in [3.63, 3.8) is 0 Å². The van der Waals surface area contributed by atoms with E-state index in [2.05, 4.69) is 40.3 Å². The summed E-state index contributed by atoms with van der Waals surface area (Å²) >= 11 is 1.38. The van der Waals surface area contributed by atoms with E-state index >= 15 is 0 Å². The summed E-state index contributed by atoms with van der Waals surface area (Å²) in [5, 5.41) is 3.78. The molecule has 2 aromatic rings. The van der Waals surface area contributed by atoms with E-state index in [4.69, 9.17) is 4.42 Å². The molecule has 1 N–H and O–H groups in total. The number of amides is 1. The molecule has 6 nitrogen and oxygen atoms in total. The molecular formula is C16H22N4O2S. The number of aromatic nitrogens is 2. The van der Waals surface area contributed by atoms with Crippen LogP contribution in [0.5, 0.6) is 0 Å². The van der Waals surface area contributed by atoms with E-state index in [-0.39, 0.29) is 17.4 Å². The third-order valence-electron chi connectivity index (χ3n) is 3.90. The Labute approximate surface area is 140 Å². The molecule has 2 aromatic heterocycles. The number of hydrogen-bond acceptors (Lipinski definition) is 6. The van der Waals surface area contributed by atoms with Crippen molar-refractivity contribution >= 4 is 22.6 Å². The molecule has 1 amide bonds. The van der Waals surface area contributed by atoms with Gasteiger partial charge < -0.3 is 14.6 Å². The van der Waals surface area contributed by atoms with Crippen LogP contribution in [-0.4, -0.2) is 27.9 Å². The van der Waals surface area contributed by atoms with Crippen LogP contribution in [0, 0.1) is 0 Å². The van der Waals surface area contributed by atoms with Crippen LogP contribution >= 0.6 is 11.5 Å². The maximum absolute atomic E-state index is 12.5. The molecule has 1 atom stereocenters. The topological polar surface area (TPSA) is 71.3 Å². The Hall–Kier alpha value is -1.89. The van der Waals surface area contributed by atoms with Crippen molar-refractivity contribution in [2.45, 2.75) is 51.6 Å². The third kappa shape index (κ3) is 3.55. The molecule has 0 aliphatic carbocycles. The highest BCUT2D eigenvalue weighted by Crippen LogP contribution is 2.30. The Kier molecular flexibility index (Phi) is 4.39. The molecule has 1 aliphatic rings. The van der Waals surface area contributed by atoms with Gasteiger partial charge in [0.1, 0.15) is 17.6 Å². The molecule has 23 heavy (non-hydrogen) atoms. The van der Waals surface area contributed by atoms with Crippen molar-refractivity contribution in [3.05, 3.63) is 30.0 Å². The smallest absolute Gasteiger partial charge is 0.243 e. The second-order valence-electron chi connectivity index (χ2n) is 6.80. The molecule has 0 aromatic carbocycles. The molecule has 7 heteroatoms. The van der Waals surface area contributed by atoms with Crippen molar-refractivity contribution in [2.75, 3.05) is 11.4 Å². The Balaban J connectivity index is 1.67. The van der Waals surface area contributed by atoms with Crippen molar-refractivity contribution in [3.8, 4) is 0 Å². The summed E-state index contributed by atoms with van der Waals surface area (Å²) in [6.45, 7) is 7.54. The van der Waals surface area contributed by atoms with Gasteiger partial charge in [0, 0.05) is 23.5 Å². The van der Waals surface area contributed by atoms with Gasteiger partial charge in [-0.1, -0.05) is 20.8 Å². The third-order valence-corrected chi connectivity index (χ3v) is 4.66. The second-order valence-corrected chi connectivity index (χ2v) is 7.53. The zero-order valence-electron chi connectivity index (χ0n) is 13.7. The summed E-state index contributed by atoms with van der Waals surface area (Å²) in [5.41, 5.74) is -0.0779. The second kappa shape index (κ2) is 6.31. The molecule has 3 rings (SSSR count). The fourth-order valence-electron chi connectivity index (χ4n) is 2.61. The molecule has 1 saturated heterocycles. The predicted molar refractivity (Wildman–Crippen MR) is 89.5 cm³/mol. The minimum atomic E-state index is -0.175. The molecule has 0 spiro atoms. The number of furan rings is 1. The van der Waals surface area contributed by atoms with Crippen LogP contribution in [-0.2, 0) is 16.8 Å². The molecular weight excluding hydrogens is 312 g/mol. The van der Waals surface area contributed by atoms with Gasteiger partial charge in [-0.25, -0.2) is 4.98 Å². The van der Waals surface area contributed by atoms with Crippen LogP contribution in [0.2, 0.25) is 0 Å². The fraction of sp³-hybridized carbons (Fsp3) is 0.562. The first-order valence-electron chi connectivity index (χ1n) is 7.86. The van der Waals surface area contributed by atoms with Crippen LogP contribution in [0.4, 0.5) is 5.13 Å². The van der Waals surface area contributed by atoms with Gasteiger partial charge >= 0.3 is 0 Å². The van der Waals surface area contributed by atoms with Gasteiger partial charge in [-0.2, -0.15) is 4.37 Å². The summed E-state index contributed by atoms with van der Waals surface area (Å²) in [5.74, 6) is 1.61. The lowest BCUT2D eigenvalue weighted by atomic mass is 9.96. The first kappa shape index (κ1) is 16.0. The van der Waals surface area contributed by atoms with Gasteiger partial charge in [0.25, 0.3) is 0 Å². The zero-order chi connectivity index (χ0) is 16.4. The molecule has 1 aliphatic heterocycles. The largest absolute Gasteiger partial charge is 0.467 e. The van der Waals surface area contributed by atoms with Crippen LogP contribution in [0.3, 0.4) is 0 Å². The SMILES string of the molecule is CC(C)(C)c1nsc(N2CCCC2C(=O)NCc2ccco2)n1. The average molecular weight is 334 g/mol. The summed E-state index contributed by atoms with van der Waals surface area (Å²) in [6.07, 6.45) is 3.44. The first-order valence-corrected chi connectivity index (χ1v) is 8.63. The first-order chi connectivity index (χ1) is 10.9. The van der Waals surface area contributed by atoms with Gasteiger partial charge in [-0.15, -0.1) is 0 Å². The maximum Gasteiger partial charge on any atom is 0.243 e. The summed E-state index contributed by atoms with van der Waals surface area (Å²) in [7, 11) is 0. The van der Waals surface area contributed by atoms with Gasteiger partial charge in [0.2, 0.25) is 11.0 Å². The lowest BCUT2D eigenvalue weighted by molar-refractivity contribution is -0.122. The molecule has 1 unspecified atom stereocenters. The van der Waals surface area contributed by atoms with Crippen molar-refractivity contribution in [1.29, 1.82) is 0 Å². The van der Waals surface area contributed by atoms with Gasteiger partial charge in [0.05, 0.1) is 12.8 Å². The van der Waals surface area contributed by atoms with Crippen LogP contribution < -0.4 is 10.2 Å². The monoisotopic (exact) mass is 334 g/mol. The summed E-state index contributed by atoms with van der Waals surface area (Å²) < 4.78 is 9.70. The van der Waals surface area contributed by atoms with Crippen LogP contribution in [0.15, 0.2) is 22.8 Å². The Morgan fingerprint density at radius 3 is 3.00 bits per heavy atom. The van der Waals surface area contributed by atoms with Crippen molar-refractivity contribution in [1.82, 2.24) is 14.7 Å². The Morgan fingerprint density at radius 1 is 1.52 bits per heavy atom. The van der Waals surface area contributed by atoms with Crippen LogP contribution in [0.1, 0.15) is 45.2 Å². The Bertz CT molecular complexity index is 660. The van der Waals surface area contributed by atoms with E-state index < -0.39 is 0 Å². The summed E-state index contributed by atoms with van der Waals surface area (Å²) in [4.78, 5) is 19.2. The van der Waals surface area contributed by atoms with E-state index in [1.165, 1.54) is 11.5 Å². The highest BCUT2D eigenvalue weighted by Gasteiger charge is 2.33. The van der Waals surface area contributed by atoms with Gasteiger partial charge in [-0.05, 0) is 25.0 Å². The normalized spacial score (nSPS) is 18.4. The molecule has 0 radical (unpaired) electrons. The maximum atomic E-state index is 12.5. The molecule has 124 valence electrons. The number of carbonyl (C=O) groups excluding carboxylic acids is 1. The van der Waals surface area contributed by atoms with Gasteiger partial charge in [0.15, 0.2) is 0 Å². The highest BCUT2D eigenvalue weighted by atomic mass is 32.1. The molecule has 3 heterocycles. The lowest BCUT2D eigenvalue weighted by Crippen LogP contribution is -2.43. The molecule has 0 bridgehead atoms. The fourth-order valence-corrected chi connectivity index (χ4v) is 3.54. The summed E-state index contributed by atoms with van der Waals surface area (Å²) in [6, 6.07) is 3.50. The number of nitrogens with zero attached hydrogens (tertiary/aromatic N) is 3.